The van der Waals surface area contributed by atoms with Crippen LogP contribution in [0.5, 0.6) is 0 Å². The molecule has 0 unspecified atom stereocenters. The van der Waals surface area contributed by atoms with Gasteiger partial charge in [0.15, 0.2) is 5.82 Å². The molecule has 116 valence electrons. The first-order chi connectivity index (χ1) is 10.1. The van der Waals surface area contributed by atoms with Crippen LogP contribution in [-0.2, 0) is 11.3 Å². The van der Waals surface area contributed by atoms with Crippen molar-refractivity contribution in [2.24, 2.45) is 5.41 Å². The number of hydrogen-bond acceptors (Lipinski definition) is 5. The van der Waals surface area contributed by atoms with Gasteiger partial charge in [-0.1, -0.05) is 12.1 Å². The minimum Gasteiger partial charge on any atom is -0.342 e. The summed E-state index contributed by atoms with van der Waals surface area (Å²) >= 11 is 0. The summed E-state index contributed by atoms with van der Waals surface area (Å²) in [5, 5.41) is 3.83. The maximum Gasteiger partial charge on any atom is 0.240 e. The van der Waals surface area contributed by atoms with Crippen LogP contribution in [0.1, 0.15) is 44.3 Å². The monoisotopic (exact) mass is 292 g/mol. The summed E-state index contributed by atoms with van der Waals surface area (Å²) in [4.78, 5) is 21.4. The number of rotatable bonds is 4. The molecule has 1 spiro atoms. The van der Waals surface area contributed by atoms with Crippen molar-refractivity contribution in [3.8, 4) is 0 Å². The van der Waals surface area contributed by atoms with E-state index >= 15 is 0 Å². The molecular formula is C15H24N4O2. The van der Waals surface area contributed by atoms with Gasteiger partial charge in [-0.2, -0.15) is 4.98 Å². The Balaban J connectivity index is 1.65. The van der Waals surface area contributed by atoms with Gasteiger partial charge in [0.2, 0.25) is 11.8 Å². The second-order valence-corrected chi connectivity index (χ2v) is 6.37. The fraction of sp³-hybridized carbons (Fsp3) is 0.800. The largest absolute Gasteiger partial charge is 0.342 e. The number of aryl methyl sites for hydroxylation is 1. The Kier molecular flexibility index (Phi) is 3.97. The number of amides is 1. The molecule has 6 heteroatoms. The molecule has 2 aliphatic rings. The molecule has 0 bridgehead atoms. The molecule has 1 aromatic rings. The van der Waals surface area contributed by atoms with Crippen molar-refractivity contribution < 1.29 is 9.32 Å². The predicted molar refractivity (Wildman–Crippen MR) is 77.5 cm³/mol. The molecule has 21 heavy (non-hydrogen) atoms. The highest BCUT2D eigenvalue weighted by Crippen LogP contribution is 2.40. The van der Waals surface area contributed by atoms with Crippen molar-refractivity contribution in [1.29, 1.82) is 0 Å². The predicted octanol–water partition coefficient (Wildman–Crippen LogP) is 1.60. The fourth-order valence-corrected chi connectivity index (χ4v) is 3.70. The maximum absolute atomic E-state index is 12.8. The summed E-state index contributed by atoms with van der Waals surface area (Å²) in [7, 11) is 0. The molecule has 6 nitrogen and oxygen atoms in total. The van der Waals surface area contributed by atoms with Crippen LogP contribution < -0.4 is 0 Å². The first kappa shape index (κ1) is 14.5. The van der Waals surface area contributed by atoms with Crippen LogP contribution in [0.3, 0.4) is 0 Å². The lowest BCUT2D eigenvalue weighted by atomic mass is 9.78. The highest BCUT2D eigenvalue weighted by atomic mass is 16.5. The van der Waals surface area contributed by atoms with Gasteiger partial charge in [0.1, 0.15) is 0 Å². The molecule has 2 fully saturated rings. The number of piperidine rings is 1. The molecule has 0 saturated carbocycles. The average Bonchev–Trinajstić information content (AvgIpc) is 3.04. The van der Waals surface area contributed by atoms with E-state index in [4.69, 9.17) is 4.52 Å². The lowest BCUT2D eigenvalue weighted by Gasteiger charge is -2.39. The number of likely N-dealkylation sites (tertiary alicyclic amines) is 2. The minimum atomic E-state index is -0.164. The summed E-state index contributed by atoms with van der Waals surface area (Å²) in [5.74, 6) is 1.68. The molecule has 0 aromatic carbocycles. The first-order valence-corrected chi connectivity index (χ1v) is 7.94. The zero-order valence-corrected chi connectivity index (χ0v) is 13.0. The van der Waals surface area contributed by atoms with Crippen LogP contribution in [0.25, 0.3) is 0 Å². The third-order valence-corrected chi connectivity index (χ3v) is 4.68. The van der Waals surface area contributed by atoms with Crippen molar-refractivity contribution in [3.63, 3.8) is 0 Å². The standard InChI is InChI=1S/C15H24N4O2/c1-3-7-19-8-4-5-15(14(19)20)6-9-18(11-15)10-13-16-12(2)17-21-13/h3-11H2,1-2H3/t15-/m0/s1. The fourth-order valence-electron chi connectivity index (χ4n) is 3.70. The van der Waals surface area contributed by atoms with Crippen LogP contribution in [0.4, 0.5) is 0 Å². The molecule has 1 amide bonds. The van der Waals surface area contributed by atoms with E-state index in [2.05, 4.69) is 26.9 Å². The van der Waals surface area contributed by atoms with Gasteiger partial charge in [-0.15, -0.1) is 0 Å². The van der Waals surface area contributed by atoms with E-state index in [-0.39, 0.29) is 5.41 Å². The molecule has 3 rings (SSSR count). The zero-order valence-electron chi connectivity index (χ0n) is 13.0. The third-order valence-electron chi connectivity index (χ3n) is 4.68. The van der Waals surface area contributed by atoms with E-state index in [0.29, 0.717) is 24.2 Å². The maximum atomic E-state index is 12.8. The molecule has 0 aliphatic carbocycles. The van der Waals surface area contributed by atoms with Crippen molar-refractivity contribution in [2.45, 2.75) is 46.1 Å². The number of nitrogens with zero attached hydrogens (tertiary/aromatic N) is 4. The first-order valence-electron chi connectivity index (χ1n) is 7.94. The van der Waals surface area contributed by atoms with Crippen LogP contribution in [-0.4, -0.2) is 52.0 Å². The molecule has 3 heterocycles. The van der Waals surface area contributed by atoms with Gasteiger partial charge >= 0.3 is 0 Å². The van der Waals surface area contributed by atoms with Gasteiger partial charge in [-0.05, 0) is 39.2 Å². The van der Waals surface area contributed by atoms with Gasteiger partial charge in [0.25, 0.3) is 0 Å². The molecule has 0 N–H and O–H groups in total. The van der Waals surface area contributed by atoms with Gasteiger partial charge in [-0.3, -0.25) is 9.69 Å². The Labute approximate surface area is 125 Å². The van der Waals surface area contributed by atoms with Crippen LogP contribution in [0.15, 0.2) is 4.52 Å². The zero-order chi connectivity index (χ0) is 14.9. The SMILES string of the molecule is CCCN1CCC[C@@]2(CCN(Cc3nc(C)no3)C2)C1=O. The smallest absolute Gasteiger partial charge is 0.240 e. The van der Waals surface area contributed by atoms with Gasteiger partial charge in [0, 0.05) is 19.6 Å². The van der Waals surface area contributed by atoms with Crippen molar-refractivity contribution in [2.75, 3.05) is 26.2 Å². The summed E-state index contributed by atoms with van der Waals surface area (Å²) in [6.07, 6.45) is 4.14. The lowest BCUT2D eigenvalue weighted by Crippen LogP contribution is -2.50. The van der Waals surface area contributed by atoms with Gasteiger partial charge in [0.05, 0.1) is 12.0 Å². The summed E-state index contributed by atoms with van der Waals surface area (Å²) in [6, 6.07) is 0. The van der Waals surface area contributed by atoms with Crippen LogP contribution in [0.2, 0.25) is 0 Å². The van der Waals surface area contributed by atoms with E-state index < -0.39 is 0 Å². The number of hydrogen-bond donors (Lipinski definition) is 0. The van der Waals surface area contributed by atoms with Gasteiger partial charge < -0.3 is 9.42 Å². The van der Waals surface area contributed by atoms with Crippen LogP contribution >= 0.6 is 0 Å². The van der Waals surface area contributed by atoms with E-state index in [9.17, 15) is 4.79 Å². The number of aromatic nitrogens is 2. The Morgan fingerprint density at radius 2 is 2.19 bits per heavy atom. The second kappa shape index (κ2) is 5.75. The number of carbonyl (C=O) groups is 1. The van der Waals surface area contributed by atoms with Crippen LogP contribution in [0, 0.1) is 12.3 Å². The highest BCUT2D eigenvalue weighted by Gasteiger charge is 2.48. The van der Waals surface area contributed by atoms with Crippen molar-refractivity contribution >= 4 is 5.91 Å². The Morgan fingerprint density at radius 3 is 2.90 bits per heavy atom. The summed E-state index contributed by atoms with van der Waals surface area (Å²) in [6.45, 7) is 8.20. The van der Waals surface area contributed by atoms with E-state index in [1.807, 2.05) is 6.92 Å². The quantitative estimate of drug-likeness (QED) is 0.843. The van der Waals surface area contributed by atoms with Gasteiger partial charge in [-0.25, -0.2) is 0 Å². The Hall–Kier alpha value is -1.43. The van der Waals surface area contributed by atoms with Crippen molar-refractivity contribution in [3.05, 3.63) is 11.7 Å². The van der Waals surface area contributed by atoms with E-state index in [0.717, 1.165) is 51.9 Å². The number of carbonyl (C=O) groups excluding carboxylic acids is 1. The van der Waals surface area contributed by atoms with E-state index in [1.165, 1.54) is 0 Å². The molecular weight excluding hydrogens is 268 g/mol. The average molecular weight is 292 g/mol. The highest BCUT2D eigenvalue weighted by molar-refractivity contribution is 5.84. The molecule has 1 atom stereocenters. The topological polar surface area (TPSA) is 62.5 Å². The minimum absolute atomic E-state index is 0.164. The normalized spacial score (nSPS) is 27.0. The Bertz CT molecular complexity index is 514. The molecule has 1 aromatic heterocycles. The molecule has 2 saturated heterocycles. The molecule has 0 radical (unpaired) electrons. The van der Waals surface area contributed by atoms with Crippen molar-refractivity contribution in [1.82, 2.24) is 19.9 Å². The third kappa shape index (κ3) is 2.81. The second-order valence-electron chi connectivity index (χ2n) is 6.37. The summed E-state index contributed by atoms with van der Waals surface area (Å²) in [5.41, 5.74) is -0.164. The molecule has 2 aliphatic heterocycles. The lowest BCUT2D eigenvalue weighted by molar-refractivity contribution is -0.145. The Morgan fingerprint density at radius 1 is 1.33 bits per heavy atom. The van der Waals surface area contributed by atoms with E-state index in [1.54, 1.807) is 0 Å². The summed E-state index contributed by atoms with van der Waals surface area (Å²) < 4.78 is 5.19.